The van der Waals surface area contributed by atoms with Crippen molar-refractivity contribution >= 4 is 27.6 Å². The minimum atomic E-state index is -0.220. The number of hydrogen-bond donors (Lipinski definition) is 1. The van der Waals surface area contributed by atoms with Gasteiger partial charge in [-0.3, -0.25) is 4.79 Å². The number of methoxy groups -OCH3 is 2. The van der Waals surface area contributed by atoms with Crippen molar-refractivity contribution in [2.45, 2.75) is 19.9 Å². The summed E-state index contributed by atoms with van der Waals surface area (Å²) >= 11 is 3.42. The molecule has 18 heavy (non-hydrogen) atoms. The van der Waals surface area contributed by atoms with E-state index in [4.69, 9.17) is 9.47 Å². The number of anilines is 1. The summed E-state index contributed by atoms with van der Waals surface area (Å²) in [6.07, 6.45) is 0. The highest BCUT2D eigenvalue weighted by Gasteiger charge is 2.20. The number of ether oxygens (including phenoxy) is 2. The van der Waals surface area contributed by atoms with Crippen LogP contribution in [0, 0.1) is 5.92 Å². The molecule has 5 heteroatoms. The Morgan fingerprint density at radius 2 is 2.00 bits per heavy atom. The first kappa shape index (κ1) is 14.8. The molecule has 2 atom stereocenters. The number of carbonyl (C=O) groups is 1. The Kier molecular flexibility index (Phi) is 5.47. The van der Waals surface area contributed by atoms with Crippen LogP contribution in [0.15, 0.2) is 22.7 Å². The van der Waals surface area contributed by atoms with Gasteiger partial charge in [0.05, 0.1) is 24.6 Å². The quantitative estimate of drug-likeness (QED) is 0.848. The second kappa shape index (κ2) is 6.64. The van der Waals surface area contributed by atoms with Crippen molar-refractivity contribution in [3.05, 3.63) is 22.7 Å². The third kappa shape index (κ3) is 3.63. The highest BCUT2D eigenvalue weighted by molar-refractivity contribution is 9.10. The normalized spacial score (nSPS) is 13.6. The van der Waals surface area contributed by atoms with Crippen LogP contribution in [-0.2, 0) is 9.53 Å². The molecule has 0 aliphatic carbocycles. The van der Waals surface area contributed by atoms with E-state index in [1.807, 2.05) is 32.0 Å². The van der Waals surface area contributed by atoms with Gasteiger partial charge >= 0.3 is 5.97 Å². The van der Waals surface area contributed by atoms with Crippen molar-refractivity contribution in [2.75, 3.05) is 19.5 Å². The molecular formula is C13H18BrNO3. The maximum absolute atomic E-state index is 11.4. The molecule has 0 amide bonds. The molecule has 0 radical (unpaired) electrons. The van der Waals surface area contributed by atoms with Crippen LogP contribution in [0.2, 0.25) is 0 Å². The molecular weight excluding hydrogens is 298 g/mol. The van der Waals surface area contributed by atoms with Crippen molar-refractivity contribution in [2.24, 2.45) is 5.92 Å². The fourth-order valence-corrected chi connectivity index (χ4v) is 2.07. The highest BCUT2D eigenvalue weighted by atomic mass is 79.9. The van der Waals surface area contributed by atoms with Crippen molar-refractivity contribution in [1.29, 1.82) is 0 Å². The van der Waals surface area contributed by atoms with E-state index in [1.54, 1.807) is 7.11 Å². The van der Waals surface area contributed by atoms with Crippen molar-refractivity contribution < 1.29 is 14.3 Å². The van der Waals surface area contributed by atoms with E-state index in [1.165, 1.54) is 7.11 Å². The van der Waals surface area contributed by atoms with E-state index in [9.17, 15) is 4.79 Å². The number of benzene rings is 1. The summed E-state index contributed by atoms with van der Waals surface area (Å²) in [5.41, 5.74) is 0.922. The van der Waals surface area contributed by atoms with Crippen molar-refractivity contribution in [1.82, 2.24) is 0 Å². The molecule has 0 heterocycles. The van der Waals surface area contributed by atoms with Gasteiger partial charge in [0.15, 0.2) is 0 Å². The first-order valence-electron chi connectivity index (χ1n) is 5.67. The second-order valence-electron chi connectivity index (χ2n) is 4.09. The maximum Gasteiger partial charge on any atom is 0.310 e. The lowest BCUT2D eigenvalue weighted by atomic mass is 10.0. The van der Waals surface area contributed by atoms with Gasteiger partial charge in [0.25, 0.3) is 0 Å². The number of rotatable bonds is 5. The molecule has 0 bridgehead atoms. The Labute approximate surface area is 116 Å². The molecule has 0 fully saturated rings. The predicted octanol–water partition coefficient (Wildman–Crippen LogP) is 3.07. The van der Waals surface area contributed by atoms with Gasteiger partial charge in [-0.05, 0) is 48.0 Å². The monoisotopic (exact) mass is 315 g/mol. The summed E-state index contributed by atoms with van der Waals surface area (Å²) in [6.45, 7) is 3.78. The molecule has 4 nitrogen and oxygen atoms in total. The van der Waals surface area contributed by atoms with E-state index in [-0.39, 0.29) is 17.9 Å². The van der Waals surface area contributed by atoms with E-state index in [0.29, 0.717) is 0 Å². The van der Waals surface area contributed by atoms with E-state index < -0.39 is 0 Å². The summed E-state index contributed by atoms with van der Waals surface area (Å²) in [5.74, 6) is 0.340. The van der Waals surface area contributed by atoms with Gasteiger partial charge in [-0.25, -0.2) is 0 Å². The average molecular weight is 316 g/mol. The van der Waals surface area contributed by atoms with Gasteiger partial charge in [-0.1, -0.05) is 0 Å². The van der Waals surface area contributed by atoms with Gasteiger partial charge in [-0.15, -0.1) is 0 Å². The molecule has 2 unspecified atom stereocenters. The fraction of sp³-hybridized carbons (Fsp3) is 0.462. The lowest BCUT2D eigenvalue weighted by Crippen LogP contribution is -2.30. The van der Waals surface area contributed by atoms with Gasteiger partial charge < -0.3 is 14.8 Å². The third-order valence-corrected chi connectivity index (χ3v) is 3.49. The summed E-state index contributed by atoms with van der Waals surface area (Å²) in [4.78, 5) is 11.4. The largest absolute Gasteiger partial charge is 0.496 e. The zero-order valence-corrected chi connectivity index (χ0v) is 12.6. The summed E-state index contributed by atoms with van der Waals surface area (Å²) < 4.78 is 10.8. The summed E-state index contributed by atoms with van der Waals surface area (Å²) in [5, 5.41) is 3.26. The van der Waals surface area contributed by atoms with Crippen LogP contribution in [0.25, 0.3) is 0 Å². The molecule has 0 saturated heterocycles. The lowest BCUT2D eigenvalue weighted by molar-refractivity contribution is -0.145. The molecule has 1 rings (SSSR count). The van der Waals surface area contributed by atoms with Crippen LogP contribution in [0.1, 0.15) is 13.8 Å². The van der Waals surface area contributed by atoms with E-state index >= 15 is 0 Å². The highest BCUT2D eigenvalue weighted by Crippen LogP contribution is 2.28. The molecule has 1 aromatic rings. The molecule has 1 N–H and O–H groups in total. The maximum atomic E-state index is 11.4. The molecule has 0 aromatic heterocycles. The first-order valence-corrected chi connectivity index (χ1v) is 6.46. The zero-order valence-electron chi connectivity index (χ0n) is 11.0. The number of nitrogens with one attached hydrogen (secondary N) is 1. The van der Waals surface area contributed by atoms with Gasteiger partial charge in [-0.2, -0.15) is 0 Å². The number of halogens is 1. The Balaban J connectivity index is 2.73. The van der Waals surface area contributed by atoms with Crippen LogP contribution >= 0.6 is 15.9 Å². The van der Waals surface area contributed by atoms with E-state index in [0.717, 1.165) is 15.9 Å². The number of hydrogen-bond acceptors (Lipinski definition) is 4. The van der Waals surface area contributed by atoms with Crippen LogP contribution in [0.3, 0.4) is 0 Å². The predicted molar refractivity (Wildman–Crippen MR) is 75.0 cm³/mol. The minimum absolute atomic E-state index is 0.0160. The lowest BCUT2D eigenvalue weighted by Gasteiger charge is -2.20. The Morgan fingerprint density at radius 1 is 1.33 bits per heavy atom. The minimum Gasteiger partial charge on any atom is -0.496 e. The Bertz CT molecular complexity index is 423. The fourth-order valence-electron chi connectivity index (χ4n) is 1.53. The number of carbonyl (C=O) groups excluding carboxylic acids is 1. The third-order valence-electron chi connectivity index (χ3n) is 2.87. The molecule has 100 valence electrons. The van der Waals surface area contributed by atoms with Crippen LogP contribution in [0.5, 0.6) is 5.75 Å². The number of esters is 1. The van der Waals surface area contributed by atoms with Gasteiger partial charge in [0.2, 0.25) is 0 Å². The van der Waals surface area contributed by atoms with Crippen molar-refractivity contribution in [3.63, 3.8) is 0 Å². The smallest absolute Gasteiger partial charge is 0.310 e. The summed E-state index contributed by atoms with van der Waals surface area (Å²) in [6, 6.07) is 5.67. The SMILES string of the molecule is COC(=O)C(C)C(C)Nc1ccc(OC)c(Br)c1. The molecule has 0 saturated carbocycles. The Morgan fingerprint density at radius 3 is 2.50 bits per heavy atom. The van der Waals surface area contributed by atoms with Gasteiger partial charge in [0, 0.05) is 11.7 Å². The van der Waals surface area contributed by atoms with Gasteiger partial charge in [0.1, 0.15) is 5.75 Å². The summed E-state index contributed by atoms with van der Waals surface area (Å²) in [7, 11) is 3.02. The first-order chi connectivity index (χ1) is 8.49. The molecule has 0 aliphatic heterocycles. The van der Waals surface area contributed by atoms with Crippen molar-refractivity contribution in [3.8, 4) is 5.75 Å². The molecule has 0 spiro atoms. The standard InChI is InChI=1S/C13H18BrNO3/c1-8(13(16)18-4)9(2)15-10-5-6-12(17-3)11(14)7-10/h5-9,15H,1-4H3. The molecule has 1 aromatic carbocycles. The van der Waals surface area contributed by atoms with Crippen LogP contribution in [0.4, 0.5) is 5.69 Å². The van der Waals surface area contributed by atoms with E-state index in [2.05, 4.69) is 21.2 Å². The second-order valence-corrected chi connectivity index (χ2v) is 4.95. The Hall–Kier alpha value is -1.23. The topological polar surface area (TPSA) is 47.6 Å². The van der Waals surface area contributed by atoms with Crippen LogP contribution in [-0.4, -0.2) is 26.2 Å². The zero-order chi connectivity index (χ0) is 13.7. The van der Waals surface area contributed by atoms with Crippen LogP contribution < -0.4 is 10.1 Å². The average Bonchev–Trinajstić information content (AvgIpc) is 2.37. The molecule has 0 aliphatic rings.